The van der Waals surface area contributed by atoms with E-state index in [1.54, 1.807) is 11.1 Å². The fraction of sp³-hybridized carbons (Fsp3) is 0.524. The maximum absolute atomic E-state index is 12.9. The van der Waals surface area contributed by atoms with E-state index in [0.717, 1.165) is 16.5 Å². The van der Waals surface area contributed by atoms with Crippen LogP contribution in [0.5, 0.6) is 0 Å². The van der Waals surface area contributed by atoms with Crippen LogP contribution < -0.4 is 0 Å². The average Bonchev–Trinajstić information content (AvgIpc) is 3.04. The number of para-hydroxylation sites is 1. The predicted octanol–water partition coefficient (Wildman–Crippen LogP) is 1.05. The largest absolute Gasteiger partial charge is 0.391 e. The zero-order valence-electron chi connectivity index (χ0n) is 15.7. The maximum atomic E-state index is 12.9. The first-order chi connectivity index (χ1) is 13.0. The van der Waals surface area contributed by atoms with Crippen molar-refractivity contribution in [3.63, 3.8) is 0 Å². The van der Waals surface area contributed by atoms with Crippen LogP contribution in [-0.4, -0.2) is 75.8 Å². The quantitative estimate of drug-likeness (QED) is 0.846. The number of nitrogens with zero attached hydrogens (tertiary/aromatic N) is 3. The molecule has 1 aromatic heterocycles. The number of likely N-dealkylation sites (tertiary alicyclic amines) is 2. The fourth-order valence-electron chi connectivity index (χ4n) is 4.33. The Bertz CT molecular complexity index is 827. The Morgan fingerprint density at radius 1 is 1.22 bits per heavy atom. The van der Waals surface area contributed by atoms with Crippen molar-refractivity contribution < 1.29 is 15.0 Å². The molecule has 2 aliphatic heterocycles. The van der Waals surface area contributed by atoms with Crippen LogP contribution in [0.15, 0.2) is 36.5 Å². The van der Waals surface area contributed by atoms with E-state index >= 15 is 0 Å². The van der Waals surface area contributed by atoms with E-state index in [1.165, 1.54) is 0 Å². The number of rotatable bonds is 3. The standard InChI is InChI=1S/C21H27N3O3/c1-23-10-7-21(27,8-11-23)20(26)24-13-16(19(25)14-24)12-15-6-9-22-18-5-3-2-4-17(15)18/h2-6,9,16,19,25,27H,7-8,10-14H2,1H3/t16-,19-/m1/s1. The number of aliphatic hydroxyl groups excluding tert-OH is 1. The lowest BCUT2D eigenvalue weighted by Gasteiger charge is -2.37. The summed E-state index contributed by atoms with van der Waals surface area (Å²) >= 11 is 0. The number of hydrogen-bond donors (Lipinski definition) is 2. The van der Waals surface area contributed by atoms with Crippen molar-refractivity contribution in [1.29, 1.82) is 0 Å². The molecule has 2 saturated heterocycles. The van der Waals surface area contributed by atoms with Crippen molar-refractivity contribution in [3.8, 4) is 0 Å². The minimum absolute atomic E-state index is 0.0328. The molecule has 6 heteroatoms. The van der Waals surface area contributed by atoms with Crippen molar-refractivity contribution >= 4 is 16.8 Å². The first-order valence-corrected chi connectivity index (χ1v) is 9.67. The average molecular weight is 369 g/mol. The van der Waals surface area contributed by atoms with Gasteiger partial charge in [-0.2, -0.15) is 0 Å². The highest BCUT2D eigenvalue weighted by molar-refractivity contribution is 5.85. The molecule has 0 unspecified atom stereocenters. The number of fused-ring (bicyclic) bond motifs is 1. The molecular formula is C21H27N3O3. The van der Waals surface area contributed by atoms with Gasteiger partial charge in [0, 0.05) is 43.7 Å². The zero-order chi connectivity index (χ0) is 19.0. The molecule has 3 heterocycles. The predicted molar refractivity (Wildman–Crippen MR) is 103 cm³/mol. The van der Waals surface area contributed by atoms with Gasteiger partial charge in [0.25, 0.3) is 5.91 Å². The lowest BCUT2D eigenvalue weighted by atomic mass is 9.90. The third-order valence-electron chi connectivity index (χ3n) is 6.13. The van der Waals surface area contributed by atoms with Crippen LogP contribution in [0.25, 0.3) is 10.9 Å². The second kappa shape index (κ2) is 7.19. The van der Waals surface area contributed by atoms with E-state index in [-0.39, 0.29) is 11.8 Å². The summed E-state index contributed by atoms with van der Waals surface area (Å²) in [6.45, 7) is 2.20. The van der Waals surface area contributed by atoms with Crippen molar-refractivity contribution in [1.82, 2.24) is 14.8 Å². The Balaban J connectivity index is 1.47. The molecule has 1 amide bonds. The van der Waals surface area contributed by atoms with E-state index in [9.17, 15) is 15.0 Å². The molecule has 2 aliphatic rings. The van der Waals surface area contributed by atoms with Crippen molar-refractivity contribution in [3.05, 3.63) is 42.1 Å². The minimum atomic E-state index is -1.29. The summed E-state index contributed by atoms with van der Waals surface area (Å²) in [6, 6.07) is 9.97. The van der Waals surface area contributed by atoms with Crippen LogP contribution >= 0.6 is 0 Å². The molecule has 1 aromatic carbocycles. The SMILES string of the molecule is CN1CCC(O)(C(=O)N2C[C@@H](Cc3ccnc4ccccc34)[C@H](O)C2)CC1. The molecule has 0 bridgehead atoms. The minimum Gasteiger partial charge on any atom is -0.391 e. The van der Waals surface area contributed by atoms with E-state index in [0.29, 0.717) is 45.4 Å². The van der Waals surface area contributed by atoms with Gasteiger partial charge in [-0.25, -0.2) is 0 Å². The smallest absolute Gasteiger partial charge is 0.254 e. The summed E-state index contributed by atoms with van der Waals surface area (Å²) in [6.07, 6.45) is 2.82. The van der Waals surface area contributed by atoms with E-state index in [2.05, 4.69) is 9.88 Å². The lowest BCUT2D eigenvalue weighted by molar-refractivity contribution is -0.155. The Hall–Kier alpha value is -2.02. The monoisotopic (exact) mass is 369 g/mol. The summed E-state index contributed by atoms with van der Waals surface area (Å²) in [7, 11) is 2.00. The highest BCUT2D eigenvalue weighted by Gasteiger charge is 2.45. The van der Waals surface area contributed by atoms with Gasteiger partial charge in [0.15, 0.2) is 0 Å². The van der Waals surface area contributed by atoms with Crippen molar-refractivity contribution in [2.75, 3.05) is 33.2 Å². The molecule has 27 heavy (non-hydrogen) atoms. The van der Waals surface area contributed by atoms with Crippen LogP contribution in [0.1, 0.15) is 18.4 Å². The molecule has 2 N–H and O–H groups in total. The lowest BCUT2D eigenvalue weighted by Crippen LogP contribution is -2.54. The van der Waals surface area contributed by atoms with Crippen LogP contribution in [0.4, 0.5) is 0 Å². The third kappa shape index (κ3) is 3.57. The number of benzene rings is 1. The number of aliphatic hydroxyl groups is 2. The number of piperidine rings is 1. The van der Waals surface area contributed by atoms with Gasteiger partial charge in [0.2, 0.25) is 0 Å². The first kappa shape index (κ1) is 18.3. The number of carbonyl (C=O) groups excluding carboxylic acids is 1. The molecule has 0 radical (unpaired) electrons. The molecule has 4 rings (SSSR count). The topological polar surface area (TPSA) is 76.9 Å². The Morgan fingerprint density at radius 2 is 1.96 bits per heavy atom. The molecular weight excluding hydrogens is 342 g/mol. The molecule has 2 atom stereocenters. The van der Waals surface area contributed by atoms with E-state index < -0.39 is 11.7 Å². The number of amides is 1. The van der Waals surface area contributed by atoms with Crippen LogP contribution in [-0.2, 0) is 11.2 Å². The molecule has 144 valence electrons. The van der Waals surface area contributed by atoms with Gasteiger partial charge in [-0.1, -0.05) is 18.2 Å². The highest BCUT2D eigenvalue weighted by atomic mass is 16.3. The Kier molecular flexibility index (Phi) is 4.88. The van der Waals surface area contributed by atoms with Gasteiger partial charge in [0.05, 0.1) is 11.6 Å². The van der Waals surface area contributed by atoms with Gasteiger partial charge < -0.3 is 20.0 Å². The van der Waals surface area contributed by atoms with Gasteiger partial charge in [0.1, 0.15) is 5.60 Å². The maximum Gasteiger partial charge on any atom is 0.254 e. The molecule has 0 spiro atoms. The molecule has 0 aliphatic carbocycles. The summed E-state index contributed by atoms with van der Waals surface area (Å²) in [4.78, 5) is 21.1. The molecule has 2 aromatic rings. The van der Waals surface area contributed by atoms with Crippen LogP contribution in [0.3, 0.4) is 0 Å². The third-order valence-corrected chi connectivity index (χ3v) is 6.13. The number of aromatic nitrogens is 1. The van der Waals surface area contributed by atoms with Gasteiger partial charge in [-0.3, -0.25) is 9.78 Å². The van der Waals surface area contributed by atoms with Crippen LogP contribution in [0, 0.1) is 5.92 Å². The van der Waals surface area contributed by atoms with Gasteiger partial charge in [-0.15, -0.1) is 0 Å². The molecule has 0 saturated carbocycles. The van der Waals surface area contributed by atoms with Crippen molar-refractivity contribution in [2.45, 2.75) is 31.0 Å². The Morgan fingerprint density at radius 3 is 2.74 bits per heavy atom. The first-order valence-electron chi connectivity index (χ1n) is 9.67. The van der Waals surface area contributed by atoms with E-state index in [4.69, 9.17) is 0 Å². The van der Waals surface area contributed by atoms with Crippen molar-refractivity contribution in [2.24, 2.45) is 5.92 Å². The summed E-state index contributed by atoms with van der Waals surface area (Å²) < 4.78 is 0. The second-order valence-electron chi connectivity index (χ2n) is 8.06. The number of carbonyl (C=O) groups is 1. The second-order valence-corrected chi connectivity index (χ2v) is 8.06. The molecule has 6 nitrogen and oxygen atoms in total. The zero-order valence-corrected chi connectivity index (χ0v) is 15.7. The van der Waals surface area contributed by atoms with Gasteiger partial charge >= 0.3 is 0 Å². The van der Waals surface area contributed by atoms with Crippen LogP contribution in [0.2, 0.25) is 0 Å². The number of hydrogen-bond acceptors (Lipinski definition) is 5. The number of β-amino-alcohol motifs (C(OH)–C–C–N with tert-alkyl or cyclic N) is 1. The summed E-state index contributed by atoms with van der Waals surface area (Å²) in [5.74, 6) is -0.258. The van der Waals surface area contributed by atoms with E-state index in [1.807, 2.05) is 37.4 Å². The van der Waals surface area contributed by atoms with Gasteiger partial charge in [-0.05, 0) is 44.0 Å². The summed E-state index contributed by atoms with van der Waals surface area (Å²) in [5, 5.41) is 22.5. The highest BCUT2D eigenvalue weighted by Crippen LogP contribution is 2.30. The molecule has 2 fully saturated rings. The fourth-order valence-corrected chi connectivity index (χ4v) is 4.33. The Labute approximate surface area is 159 Å². The normalized spacial score (nSPS) is 25.8. The summed E-state index contributed by atoms with van der Waals surface area (Å²) in [5.41, 5.74) is 0.790. The number of pyridine rings is 1.